The van der Waals surface area contributed by atoms with Crippen LogP contribution in [-0.2, 0) is 0 Å². The van der Waals surface area contributed by atoms with Gasteiger partial charge in [-0.05, 0) is 38.8 Å². The van der Waals surface area contributed by atoms with Crippen LogP contribution >= 0.6 is 0 Å². The van der Waals surface area contributed by atoms with Crippen molar-refractivity contribution in [2.75, 3.05) is 37.0 Å². The lowest BCUT2D eigenvalue weighted by Gasteiger charge is -2.25. The van der Waals surface area contributed by atoms with Crippen LogP contribution in [0.3, 0.4) is 0 Å². The number of pyridine rings is 1. The van der Waals surface area contributed by atoms with Gasteiger partial charge in [0.25, 0.3) is 0 Å². The molecule has 0 aliphatic heterocycles. The highest BCUT2D eigenvalue weighted by atomic mass is 15.3. The molecule has 0 atom stereocenters. The minimum absolute atomic E-state index is 0.890. The smallest absolute Gasteiger partial charge is 0.163 e. The van der Waals surface area contributed by atoms with E-state index in [1.54, 1.807) is 0 Å². The van der Waals surface area contributed by atoms with Crippen LogP contribution in [0.4, 0.5) is 11.5 Å². The van der Waals surface area contributed by atoms with E-state index in [0.29, 0.717) is 0 Å². The van der Waals surface area contributed by atoms with E-state index in [1.165, 1.54) is 5.69 Å². The minimum Gasteiger partial charge on any atom is -0.369 e. The summed E-state index contributed by atoms with van der Waals surface area (Å²) < 4.78 is 1.92. The zero-order valence-corrected chi connectivity index (χ0v) is 17.3. The zero-order valence-electron chi connectivity index (χ0n) is 17.3. The molecule has 3 aromatic rings. The van der Waals surface area contributed by atoms with Crippen LogP contribution in [0, 0.1) is 13.8 Å². The second-order valence-electron chi connectivity index (χ2n) is 7.23. The van der Waals surface area contributed by atoms with E-state index in [4.69, 9.17) is 10.1 Å². The van der Waals surface area contributed by atoms with Gasteiger partial charge >= 0.3 is 0 Å². The molecule has 0 saturated heterocycles. The quantitative estimate of drug-likeness (QED) is 0.630. The van der Waals surface area contributed by atoms with Gasteiger partial charge in [-0.15, -0.1) is 0 Å². The van der Waals surface area contributed by atoms with Gasteiger partial charge in [0, 0.05) is 38.9 Å². The molecule has 0 radical (unpaired) electrons. The minimum atomic E-state index is 0.890. The topological polar surface area (TPSA) is 49.6 Å². The SMILES string of the molecule is CCCN(CCC)c1cn2nc(C)c(-c3ccc(N(C)C)nc3)c2nc1C. The number of aryl methyl sites for hydroxylation is 2. The number of hydrogen-bond donors (Lipinski definition) is 0. The Labute approximate surface area is 161 Å². The van der Waals surface area contributed by atoms with E-state index in [2.05, 4.69) is 42.9 Å². The fourth-order valence-electron chi connectivity index (χ4n) is 3.50. The molecule has 6 nitrogen and oxygen atoms in total. The molecule has 3 heterocycles. The molecular weight excluding hydrogens is 336 g/mol. The van der Waals surface area contributed by atoms with Crippen LogP contribution in [0.1, 0.15) is 38.1 Å². The normalized spacial score (nSPS) is 11.2. The van der Waals surface area contributed by atoms with Crippen molar-refractivity contribution in [2.24, 2.45) is 0 Å². The Hall–Kier alpha value is -2.63. The zero-order chi connectivity index (χ0) is 19.6. The van der Waals surface area contributed by atoms with Crippen molar-refractivity contribution in [1.82, 2.24) is 19.6 Å². The fraction of sp³-hybridized carbons (Fsp3) is 0.476. The first kappa shape index (κ1) is 19.1. The molecule has 0 unspecified atom stereocenters. The number of aromatic nitrogens is 4. The van der Waals surface area contributed by atoms with E-state index >= 15 is 0 Å². The molecule has 3 aromatic heterocycles. The van der Waals surface area contributed by atoms with Crippen molar-refractivity contribution >= 4 is 17.2 Å². The molecule has 3 rings (SSSR count). The highest BCUT2D eigenvalue weighted by Gasteiger charge is 2.17. The number of rotatable bonds is 7. The lowest BCUT2D eigenvalue weighted by Crippen LogP contribution is -2.26. The number of fused-ring (bicyclic) bond motifs is 1. The lowest BCUT2D eigenvalue weighted by molar-refractivity contribution is 0.733. The first-order valence-corrected chi connectivity index (χ1v) is 9.71. The van der Waals surface area contributed by atoms with Gasteiger partial charge in [-0.25, -0.2) is 14.5 Å². The summed E-state index contributed by atoms with van der Waals surface area (Å²) in [5, 5.41) is 4.74. The average Bonchev–Trinajstić information content (AvgIpc) is 2.95. The predicted octanol–water partition coefficient (Wildman–Crippen LogP) is 4.10. The number of nitrogens with zero attached hydrogens (tertiary/aromatic N) is 6. The monoisotopic (exact) mass is 366 g/mol. The average molecular weight is 367 g/mol. The van der Waals surface area contributed by atoms with E-state index in [9.17, 15) is 0 Å². The molecule has 0 fully saturated rings. The molecule has 0 aliphatic carbocycles. The standard InChI is InChI=1S/C21H30N6/c1-7-11-26(12-8-2)18-14-27-21(23-15(18)3)20(16(4)24-27)17-9-10-19(22-13-17)25(5)6/h9-10,13-14H,7-8,11-12H2,1-6H3. The van der Waals surface area contributed by atoms with Crippen LogP contribution in [0.2, 0.25) is 0 Å². The highest BCUT2D eigenvalue weighted by Crippen LogP contribution is 2.30. The van der Waals surface area contributed by atoms with Crippen LogP contribution < -0.4 is 9.80 Å². The van der Waals surface area contributed by atoms with Crippen molar-refractivity contribution < 1.29 is 0 Å². The van der Waals surface area contributed by atoms with Crippen molar-refractivity contribution in [3.05, 3.63) is 35.9 Å². The van der Waals surface area contributed by atoms with Gasteiger partial charge in [0.05, 0.1) is 28.8 Å². The Balaban J connectivity index is 2.08. The molecule has 0 amide bonds. The summed E-state index contributed by atoms with van der Waals surface area (Å²) in [5.74, 6) is 0.939. The Kier molecular flexibility index (Phi) is 5.63. The number of anilines is 2. The largest absolute Gasteiger partial charge is 0.369 e. The fourth-order valence-corrected chi connectivity index (χ4v) is 3.50. The molecule has 0 spiro atoms. The van der Waals surface area contributed by atoms with Gasteiger partial charge in [0.2, 0.25) is 0 Å². The molecule has 0 aliphatic rings. The van der Waals surface area contributed by atoms with E-state index in [0.717, 1.165) is 59.9 Å². The summed E-state index contributed by atoms with van der Waals surface area (Å²) in [6.07, 6.45) is 6.27. The van der Waals surface area contributed by atoms with Crippen molar-refractivity contribution in [2.45, 2.75) is 40.5 Å². The first-order valence-electron chi connectivity index (χ1n) is 9.71. The summed E-state index contributed by atoms with van der Waals surface area (Å²) >= 11 is 0. The molecule has 144 valence electrons. The molecule has 0 aromatic carbocycles. The van der Waals surface area contributed by atoms with Gasteiger partial charge in [-0.1, -0.05) is 13.8 Å². The molecule has 0 N–H and O–H groups in total. The maximum atomic E-state index is 4.94. The van der Waals surface area contributed by atoms with E-state index in [1.807, 2.05) is 42.7 Å². The Morgan fingerprint density at radius 2 is 1.70 bits per heavy atom. The second-order valence-corrected chi connectivity index (χ2v) is 7.23. The summed E-state index contributed by atoms with van der Waals surface area (Å²) in [6, 6.07) is 4.13. The summed E-state index contributed by atoms with van der Waals surface area (Å²) in [5.41, 5.74) is 6.17. The van der Waals surface area contributed by atoms with E-state index < -0.39 is 0 Å². The van der Waals surface area contributed by atoms with Gasteiger partial charge in [-0.2, -0.15) is 5.10 Å². The third kappa shape index (κ3) is 3.75. The summed E-state index contributed by atoms with van der Waals surface area (Å²) in [4.78, 5) is 13.9. The van der Waals surface area contributed by atoms with Crippen LogP contribution in [0.5, 0.6) is 0 Å². The molecular formula is C21H30N6. The van der Waals surface area contributed by atoms with Gasteiger partial charge in [0.1, 0.15) is 5.82 Å². The maximum Gasteiger partial charge on any atom is 0.163 e. The molecule has 27 heavy (non-hydrogen) atoms. The third-order valence-corrected chi connectivity index (χ3v) is 4.77. The van der Waals surface area contributed by atoms with Gasteiger partial charge in [-0.3, -0.25) is 0 Å². The van der Waals surface area contributed by atoms with Crippen LogP contribution in [0.15, 0.2) is 24.5 Å². The Morgan fingerprint density at radius 1 is 1.00 bits per heavy atom. The van der Waals surface area contributed by atoms with Crippen molar-refractivity contribution in [1.29, 1.82) is 0 Å². The predicted molar refractivity (Wildman–Crippen MR) is 113 cm³/mol. The second kappa shape index (κ2) is 7.94. The maximum absolute atomic E-state index is 4.94. The molecule has 6 heteroatoms. The Bertz CT molecular complexity index is 905. The van der Waals surface area contributed by atoms with Crippen LogP contribution in [-0.4, -0.2) is 46.8 Å². The van der Waals surface area contributed by atoms with Gasteiger partial charge in [0.15, 0.2) is 5.65 Å². The molecule has 0 saturated carbocycles. The van der Waals surface area contributed by atoms with Gasteiger partial charge < -0.3 is 9.80 Å². The first-order chi connectivity index (χ1) is 13.0. The highest BCUT2D eigenvalue weighted by molar-refractivity contribution is 5.80. The third-order valence-electron chi connectivity index (χ3n) is 4.77. The van der Waals surface area contributed by atoms with Crippen LogP contribution in [0.25, 0.3) is 16.8 Å². The number of hydrogen-bond acceptors (Lipinski definition) is 5. The van der Waals surface area contributed by atoms with Crippen molar-refractivity contribution in [3.8, 4) is 11.1 Å². The Morgan fingerprint density at radius 3 is 2.26 bits per heavy atom. The van der Waals surface area contributed by atoms with E-state index in [-0.39, 0.29) is 0 Å². The van der Waals surface area contributed by atoms with Crippen molar-refractivity contribution in [3.63, 3.8) is 0 Å². The lowest BCUT2D eigenvalue weighted by atomic mass is 10.1. The summed E-state index contributed by atoms with van der Waals surface area (Å²) in [6.45, 7) is 10.6. The summed E-state index contributed by atoms with van der Waals surface area (Å²) in [7, 11) is 3.99. The molecule has 0 bridgehead atoms.